The fourth-order valence-corrected chi connectivity index (χ4v) is 2.43. The van der Waals surface area contributed by atoms with Crippen LogP contribution in [0.4, 0.5) is 0 Å². The summed E-state index contributed by atoms with van der Waals surface area (Å²) in [5, 5.41) is 12.2. The van der Waals surface area contributed by atoms with Crippen LogP contribution in [0.25, 0.3) is 5.65 Å². The van der Waals surface area contributed by atoms with Crippen LogP contribution in [0.5, 0.6) is 5.75 Å². The maximum absolute atomic E-state index is 6.11. The summed E-state index contributed by atoms with van der Waals surface area (Å²) in [4.78, 5) is 0. The maximum atomic E-state index is 6.11. The normalized spacial score (nSPS) is 11.0. The lowest BCUT2D eigenvalue weighted by Crippen LogP contribution is -2.15. The highest BCUT2D eigenvalue weighted by atomic mass is 35.5. The molecule has 0 amide bonds. The molecule has 0 atom stereocenters. The molecule has 0 radical (unpaired) electrons. The first-order valence-electron chi connectivity index (χ1n) is 6.59. The van der Waals surface area contributed by atoms with Crippen molar-refractivity contribution in [2.24, 2.45) is 0 Å². The van der Waals surface area contributed by atoms with Crippen molar-refractivity contribution in [1.29, 1.82) is 0 Å². The lowest BCUT2D eigenvalue weighted by molar-refractivity contribution is 0.415. The number of methoxy groups -OCH3 is 1. The Morgan fingerprint density at radius 1 is 1.19 bits per heavy atom. The molecule has 5 nitrogen and oxygen atoms in total. The first-order chi connectivity index (χ1) is 10.3. The molecule has 0 aliphatic carbocycles. The molecule has 2 aromatic heterocycles. The second-order valence-electron chi connectivity index (χ2n) is 4.62. The Labute approximate surface area is 127 Å². The van der Waals surface area contributed by atoms with Crippen molar-refractivity contribution in [3.05, 3.63) is 59.0 Å². The Hall–Kier alpha value is -2.11. The highest BCUT2D eigenvalue weighted by molar-refractivity contribution is 6.32. The molecule has 0 fully saturated rings. The van der Waals surface area contributed by atoms with E-state index in [0.717, 1.165) is 17.0 Å². The molecule has 0 saturated carbocycles. The molecular weight excluding hydrogens is 288 g/mol. The van der Waals surface area contributed by atoms with E-state index >= 15 is 0 Å². The predicted octanol–water partition coefficient (Wildman–Crippen LogP) is 2.68. The van der Waals surface area contributed by atoms with Crippen LogP contribution >= 0.6 is 11.6 Å². The van der Waals surface area contributed by atoms with Gasteiger partial charge in [0.05, 0.1) is 18.7 Å². The molecule has 6 heteroatoms. The Morgan fingerprint density at radius 3 is 2.90 bits per heavy atom. The lowest BCUT2D eigenvalue weighted by Gasteiger charge is -2.07. The van der Waals surface area contributed by atoms with Gasteiger partial charge in [-0.15, -0.1) is 10.2 Å². The Bertz CT molecular complexity index is 756. The van der Waals surface area contributed by atoms with Crippen LogP contribution < -0.4 is 10.1 Å². The summed E-state index contributed by atoms with van der Waals surface area (Å²) in [6.45, 7) is 1.33. The van der Waals surface area contributed by atoms with Crippen LogP contribution in [0, 0.1) is 0 Å². The van der Waals surface area contributed by atoms with Gasteiger partial charge in [-0.25, -0.2) is 0 Å². The number of aromatic nitrogens is 3. The molecule has 108 valence electrons. The Balaban J connectivity index is 1.65. The molecule has 0 spiro atoms. The predicted molar refractivity (Wildman–Crippen MR) is 81.5 cm³/mol. The van der Waals surface area contributed by atoms with Crippen molar-refractivity contribution < 1.29 is 4.74 Å². The molecule has 1 N–H and O–H groups in total. The summed E-state index contributed by atoms with van der Waals surface area (Å²) in [5.74, 6) is 1.56. The second kappa shape index (κ2) is 6.11. The third kappa shape index (κ3) is 2.99. The van der Waals surface area contributed by atoms with Gasteiger partial charge in [0.25, 0.3) is 0 Å². The SMILES string of the molecule is COc1ccc(CNCc2nnc3ccccn23)cc1Cl. The van der Waals surface area contributed by atoms with Gasteiger partial charge in [0.1, 0.15) is 5.75 Å². The average Bonchev–Trinajstić information content (AvgIpc) is 2.91. The first kappa shape index (κ1) is 13.9. The minimum absolute atomic E-state index is 0.615. The van der Waals surface area contributed by atoms with E-state index in [1.807, 2.05) is 47.0 Å². The van der Waals surface area contributed by atoms with Crippen molar-refractivity contribution in [3.63, 3.8) is 0 Å². The summed E-state index contributed by atoms with van der Waals surface area (Å²) in [7, 11) is 1.61. The highest BCUT2D eigenvalue weighted by Crippen LogP contribution is 2.24. The quantitative estimate of drug-likeness (QED) is 0.787. The number of benzene rings is 1. The van der Waals surface area contributed by atoms with Crippen LogP contribution in [0.3, 0.4) is 0 Å². The number of nitrogens with one attached hydrogen (secondary N) is 1. The fourth-order valence-electron chi connectivity index (χ4n) is 2.15. The molecular formula is C15H15ClN4O. The van der Waals surface area contributed by atoms with E-state index in [1.165, 1.54) is 0 Å². The van der Waals surface area contributed by atoms with Gasteiger partial charge < -0.3 is 10.1 Å². The Kier molecular flexibility index (Phi) is 4.03. The zero-order chi connectivity index (χ0) is 14.7. The molecule has 1 aromatic carbocycles. The molecule has 0 saturated heterocycles. The van der Waals surface area contributed by atoms with Crippen LogP contribution in [0.2, 0.25) is 5.02 Å². The third-order valence-corrected chi connectivity index (χ3v) is 3.51. The number of nitrogens with zero attached hydrogens (tertiary/aromatic N) is 3. The maximum Gasteiger partial charge on any atom is 0.160 e. The van der Waals surface area contributed by atoms with Gasteiger partial charge in [-0.3, -0.25) is 4.40 Å². The summed E-state index contributed by atoms with van der Waals surface area (Å²) in [6.07, 6.45) is 1.95. The highest BCUT2D eigenvalue weighted by Gasteiger charge is 2.05. The number of pyridine rings is 1. The monoisotopic (exact) mass is 302 g/mol. The Morgan fingerprint density at radius 2 is 2.10 bits per heavy atom. The minimum atomic E-state index is 0.615. The summed E-state index contributed by atoms with van der Waals surface area (Å²) in [5.41, 5.74) is 1.94. The molecule has 0 unspecified atom stereocenters. The van der Waals surface area contributed by atoms with Crippen molar-refractivity contribution >= 4 is 17.2 Å². The van der Waals surface area contributed by atoms with E-state index in [-0.39, 0.29) is 0 Å². The van der Waals surface area contributed by atoms with Crippen LogP contribution in [-0.4, -0.2) is 21.7 Å². The second-order valence-corrected chi connectivity index (χ2v) is 5.02. The summed E-state index contributed by atoms with van der Waals surface area (Å²) < 4.78 is 7.10. The fraction of sp³-hybridized carbons (Fsp3) is 0.200. The molecule has 21 heavy (non-hydrogen) atoms. The van der Waals surface area contributed by atoms with Crippen molar-refractivity contribution in [3.8, 4) is 5.75 Å². The van der Waals surface area contributed by atoms with E-state index < -0.39 is 0 Å². The van der Waals surface area contributed by atoms with Crippen molar-refractivity contribution in [1.82, 2.24) is 19.9 Å². The van der Waals surface area contributed by atoms with Gasteiger partial charge in [0.15, 0.2) is 11.5 Å². The number of fused-ring (bicyclic) bond motifs is 1. The van der Waals surface area contributed by atoms with Crippen LogP contribution in [0.1, 0.15) is 11.4 Å². The first-order valence-corrected chi connectivity index (χ1v) is 6.97. The number of hydrogen-bond donors (Lipinski definition) is 1. The average molecular weight is 303 g/mol. The largest absolute Gasteiger partial charge is 0.495 e. The standard InChI is InChI=1S/C15H15ClN4O/c1-21-13-6-5-11(8-12(13)16)9-17-10-15-19-18-14-4-2-3-7-20(14)15/h2-8,17H,9-10H2,1H3. The smallest absolute Gasteiger partial charge is 0.160 e. The third-order valence-electron chi connectivity index (χ3n) is 3.21. The minimum Gasteiger partial charge on any atom is -0.495 e. The summed E-state index contributed by atoms with van der Waals surface area (Å²) >= 11 is 6.11. The van der Waals surface area contributed by atoms with Gasteiger partial charge in [0, 0.05) is 12.7 Å². The van der Waals surface area contributed by atoms with Crippen molar-refractivity contribution in [2.45, 2.75) is 13.1 Å². The molecule has 3 rings (SSSR count). The van der Waals surface area contributed by atoms with Gasteiger partial charge in [-0.1, -0.05) is 23.7 Å². The van der Waals surface area contributed by atoms with Gasteiger partial charge >= 0.3 is 0 Å². The molecule has 0 aliphatic heterocycles. The van der Waals surface area contributed by atoms with E-state index in [4.69, 9.17) is 16.3 Å². The van der Waals surface area contributed by atoms with E-state index in [0.29, 0.717) is 23.9 Å². The molecule has 0 aliphatic rings. The van der Waals surface area contributed by atoms with Crippen LogP contribution in [-0.2, 0) is 13.1 Å². The van der Waals surface area contributed by atoms with Crippen LogP contribution in [0.15, 0.2) is 42.6 Å². The van der Waals surface area contributed by atoms with E-state index in [2.05, 4.69) is 15.5 Å². The van der Waals surface area contributed by atoms with Gasteiger partial charge in [-0.05, 0) is 29.8 Å². The number of hydrogen-bond acceptors (Lipinski definition) is 4. The molecule has 0 bridgehead atoms. The number of ether oxygens (including phenoxy) is 1. The van der Waals surface area contributed by atoms with Gasteiger partial charge in [-0.2, -0.15) is 0 Å². The zero-order valence-electron chi connectivity index (χ0n) is 11.6. The van der Waals surface area contributed by atoms with Crippen molar-refractivity contribution in [2.75, 3.05) is 7.11 Å². The number of halogens is 1. The topological polar surface area (TPSA) is 51.5 Å². The lowest BCUT2D eigenvalue weighted by atomic mass is 10.2. The summed E-state index contributed by atoms with van der Waals surface area (Å²) in [6, 6.07) is 11.6. The molecule has 2 heterocycles. The van der Waals surface area contributed by atoms with Gasteiger partial charge in [0.2, 0.25) is 0 Å². The van der Waals surface area contributed by atoms with E-state index in [1.54, 1.807) is 7.11 Å². The number of rotatable bonds is 5. The zero-order valence-corrected chi connectivity index (χ0v) is 12.3. The van der Waals surface area contributed by atoms with E-state index in [9.17, 15) is 0 Å². The molecule has 3 aromatic rings.